The number of nitrogens with zero attached hydrogens (tertiary/aromatic N) is 1. The molecule has 0 saturated carbocycles. The molecule has 1 aromatic heterocycles. The van der Waals surface area contributed by atoms with Crippen molar-refractivity contribution in [3.8, 4) is 0 Å². The molecule has 6 nitrogen and oxygen atoms in total. The summed E-state index contributed by atoms with van der Waals surface area (Å²) in [6, 6.07) is 0.402. The maximum atomic E-state index is 12.2. The van der Waals surface area contributed by atoms with Crippen LogP contribution in [0.2, 0.25) is 0 Å². The standard InChI is InChI=1S/C13H22N2O4S2/c1-9(2)15(4)7-5-6-14-21(18,19)12-10(3)8-20-11(12)13(16)17/h8-9,14H,5-7H2,1-4H3,(H,16,17). The average molecular weight is 334 g/mol. The number of aromatic carboxylic acids is 1. The van der Waals surface area contributed by atoms with Gasteiger partial charge in [-0.15, -0.1) is 11.3 Å². The van der Waals surface area contributed by atoms with E-state index in [0.717, 1.165) is 17.9 Å². The highest BCUT2D eigenvalue weighted by Crippen LogP contribution is 2.26. The van der Waals surface area contributed by atoms with Gasteiger partial charge in [0.15, 0.2) is 0 Å². The quantitative estimate of drug-likeness (QED) is 0.708. The molecule has 120 valence electrons. The summed E-state index contributed by atoms with van der Waals surface area (Å²) in [6.07, 6.45) is 0.666. The van der Waals surface area contributed by atoms with Gasteiger partial charge in [0.1, 0.15) is 9.77 Å². The fourth-order valence-corrected chi connectivity index (χ4v) is 4.48. The number of carboxylic acid groups (broad SMARTS) is 1. The number of sulfonamides is 1. The Morgan fingerprint density at radius 2 is 2.10 bits per heavy atom. The van der Waals surface area contributed by atoms with Crippen molar-refractivity contribution in [2.24, 2.45) is 0 Å². The Bertz CT molecular complexity index is 593. The van der Waals surface area contributed by atoms with E-state index < -0.39 is 16.0 Å². The molecule has 0 aliphatic carbocycles. The Labute approximate surface area is 129 Å². The number of aryl methyl sites for hydroxylation is 1. The molecule has 1 aromatic rings. The molecule has 0 radical (unpaired) electrons. The lowest BCUT2D eigenvalue weighted by atomic mass is 10.3. The number of hydrogen-bond acceptors (Lipinski definition) is 5. The number of carbonyl (C=O) groups is 1. The van der Waals surface area contributed by atoms with Crippen LogP contribution in [-0.4, -0.2) is 50.6 Å². The maximum Gasteiger partial charge on any atom is 0.347 e. The molecule has 21 heavy (non-hydrogen) atoms. The molecule has 2 N–H and O–H groups in total. The number of hydrogen-bond donors (Lipinski definition) is 2. The highest BCUT2D eigenvalue weighted by atomic mass is 32.2. The summed E-state index contributed by atoms with van der Waals surface area (Å²) in [4.78, 5) is 13.0. The van der Waals surface area contributed by atoms with Gasteiger partial charge in [-0.2, -0.15) is 0 Å². The third-order valence-corrected chi connectivity index (χ3v) is 6.10. The average Bonchev–Trinajstić information content (AvgIpc) is 2.77. The van der Waals surface area contributed by atoms with Gasteiger partial charge in [0, 0.05) is 12.6 Å². The van der Waals surface area contributed by atoms with Crippen molar-refractivity contribution in [2.45, 2.75) is 38.1 Å². The van der Waals surface area contributed by atoms with E-state index in [2.05, 4.69) is 23.5 Å². The summed E-state index contributed by atoms with van der Waals surface area (Å²) < 4.78 is 27.0. The minimum absolute atomic E-state index is 0.114. The van der Waals surface area contributed by atoms with E-state index in [-0.39, 0.29) is 16.3 Å². The first kappa shape index (κ1) is 18.1. The lowest BCUT2D eigenvalue weighted by molar-refractivity contribution is 0.0698. The SMILES string of the molecule is Cc1csc(C(=O)O)c1S(=O)(=O)NCCCN(C)C(C)C. The van der Waals surface area contributed by atoms with E-state index in [4.69, 9.17) is 5.11 Å². The minimum atomic E-state index is -3.78. The van der Waals surface area contributed by atoms with Crippen molar-refractivity contribution in [3.63, 3.8) is 0 Å². The van der Waals surface area contributed by atoms with Crippen LogP contribution in [0.25, 0.3) is 0 Å². The first-order valence-corrected chi connectivity index (χ1v) is 9.04. The largest absolute Gasteiger partial charge is 0.477 e. The lowest BCUT2D eigenvalue weighted by Crippen LogP contribution is -2.31. The van der Waals surface area contributed by atoms with Crippen LogP contribution >= 0.6 is 11.3 Å². The molecule has 1 heterocycles. The number of carboxylic acids is 1. The fourth-order valence-electron chi connectivity index (χ4n) is 1.78. The maximum absolute atomic E-state index is 12.2. The van der Waals surface area contributed by atoms with Crippen LogP contribution in [0.1, 0.15) is 35.5 Å². The van der Waals surface area contributed by atoms with Crippen molar-refractivity contribution in [1.82, 2.24) is 9.62 Å². The molecular weight excluding hydrogens is 312 g/mol. The van der Waals surface area contributed by atoms with E-state index >= 15 is 0 Å². The van der Waals surface area contributed by atoms with E-state index in [9.17, 15) is 13.2 Å². The molecule has 8 heteroatoms. The fraction of sp³-hybridized carbons (Fsp3) is 0.615. The monoisotopic (exact) mass is 334 g/mol. The molecule has 0 saturated heterocycles. The van der Waals surface area contributed by atoms with Gasteiger partial charge in [0.25, 0.3) is 0 Å². The molecule has 0 unspecified atom stereocenters. The molecule has 0 spiro atoms. The second-order valence-electron chi connectivity index (χ2n) is 5.21. The Hall–Kier alpha value is -0.960. The highest BCUT2D eigenvalue weighted by Gasteiger charge is 2.26. The van der Waals surface area contributed by atoms with Crippen LogP contribution in [0.15, 0.2) is 10.3 Å². The Balaban J connectivity index is 2.71. The van der Waals surface area contributed by atoms with E-state index in [1.54, 1.807) is 12.3 Å². The van der Waals surface area contributed by atoms with Gasteiger partial charge in [-0.1, -0.05) is 0 Å². The second-order valence-corrected chi connectivity index (χ2v) is 7.79. The molecule has 0 aliphatic heterocycles. The molecule has 0 bridgehead atoms. The van der Waals surface area contributed by atoms with Crippen LogP contribution in [0.3, 0.4) is 0 Å². The Morgan fingerprint density at radius 3 is 2.62 bits per heavy atom. The normalized spacial score (nSPS) is 12.3. The summed E-state index contributed by atoms with van der Waals surface area (Å²) in [6.45, 7) is 6.79. The van der Waals surface area contributed by atoms with Crippen molar-refractivity contribution >= 4 is 27.3 Å². The van der Waals surface area contributed by atoms with Crippen LogP contribution in [0.5, 0.6) is 0 Å². The summed E-state index contributed by atoms with van der Waals surface area (Å²) in [7, 11) is -1.80. The third kappa shape index (κ3) is 4.77. The van der Waals surface area contributed by atoms with Gasteiger partial charge in [-0.25, -0.2) is 17.9 Å². The van der Waals surface area contributed by atoms with Crippen molar-refractivity contribution in [2.75, 3.05) is 20.1 Å². The van der Waals surface area contributed by atoms with E-state index in [1.165, 1.54) is 0 Å². The van der Waals surface area contributed by atoms with Gasteiger partial charge in [0.2, 0.25) is 10.0 Å². The first-order chi connectivity index (χ1) is 9.66. The number of nitrogens with one attached hydrogen (secondary N) is 1. The minimum Gasteiger partial charge on any atom is -0.477 e. The van der Waals surface area contributed by atoms with Crippen molar-refractivity contribution in [3.05, 3.63) is 15.8 Å². The van der Waals surface area contributed by atoms with E-state index in [1.807, 2.05) is 7.05 Å². The summed E-state index contributed by atoms with van der Waals surface area (Å²) in [5.41, 5.74) is 0.462. The molecule has 0 aromatic carbocycles. The van der Waals surface area contributed by atoms with Crippen LogP contribution in [0, 0.1) is 6.92 Å². The van der Waals surface area contributed by atoms with Crippen molar-refractivity contribution < 1.29 is 18.3 Å². The molecule has 0 fully saturated rings. The van der Waals surface area contributed by atoms with Crippen LogP contribution < -0.4 is 4.72 Å². The Morgan fingerprint density at radius 1 is 1.48 bits per heavy atom. The Kier molecular flexibility index (Phi) is 6.33. The summed E-state index contributed by atoms with van der Waals surface area (Å²) >= 11 is 0.932. The van der Waals surface area contributed by atoms with Gasteiger partial charge < -0.3 is 10.0 Å². The molecular formula is C13H22N2O4S2. The number of rotatable bonds is 8. The zero-order valence-electron chi connectivity index (χ0n) is 12.7. The van der Waals surface area contributed by atoms with Gasteiger partial charge in [-0.05, 0) is 51.7 Å². The third-order valence-electron chi connectivity index (χ3n) is 3.24. The lowest BCUT2D eigenvalue weighted by Gasteiger charge is -2.20. The van der Waals surface area contributed by atoms with E-state index in [0.29, 0.717) is 18.0 Å². The molecule has 0 aliphatic rings. The second kappa shape index (κ2) is 7.35. The highest BCUT2D eigenvalue weighted by molar-refractivity contribution is 7.89. The predicted molar refractivity (Wildman–Crippen MR) is 83.6 cm³/mol. The zero-order valence-corrected chi connectivity index (χ0v) is 14.3. The van der Waals surface area contributed by atoms with Crippen LogP contribution in [-0.2, 0) is 10.0 Å². The predicted octanol–water partition coefficient (Wildman–Crippen LogP) is 1.76. The van der Waals surface area contributed by atoms with Gasteiger partial charge >= 0.3 is 5.97 Å². The summed E-state index contributed by atoms with van der Waals surface area (Å²) in [5.74, 6) is -1.21. The molecule has 0 atom stereocenters. The summed E-state index contributed by atoms with van der Waals surface area (Å²) in [5, 5.41) is 10.6. The zero-order chi connectivity index (χ0) is 16.2. The molecule has 1 rings (SSSR count). The van der Waals surface area contributed by atoms with Crippen molar-refractivity contribution in [1.29, 1.82) is 0 Å². The first-order valence-electron chi connectivity index (χ1n) is 6.68. The smallest absolute Gasteiger partial charge is 0.347 e. The van der Waals surface area contributed by atoms with Gasteiger partial charge in [0.05, 0.1) is 0 Å². The number of thiophene rings is 1. The topological polar surface area (TPSA) is 86.7 Å². The van der Waals surface area contributed by atoms with Crippen LogP contribution in [0.4, 0.5) is 0 Å². The van der Waals surface area contributed by atoms with Gasteiger partial charge in [-0.3, -0.25) is 0 Å². The molecule has 0 amide bonds.